The van der Waals surface area contributed by atoms with Crippen LogP contribution in [0.25, 0.3) is 0 Å². The van der Waals surface area contributed by atoms with E-state index in [9.17, 15) is 0 Å². The van der Waals surface area contributed by atoms with Crippen LogP contribution in [0, 0.1) is 0 Å². The highest BCUT2D eigenvalue weighted by Crippen LogP contribution is 2.05. The molecule has 3 nitrogen and oxygen atoms in total. The predicted octanol–water partition coefficient (Wildman–Crippen LogP) is 0.772. The summed E-state index contributed by atoms with van der Waals surface area (Å²) in [6.07, 6.45) is 0. The number of nitrogens with one attached hydrogen (secondary N) is 3. The molecule has 0 fully saturated rings. The highest BCUT2D eigenvalue weighted by Gasteiger charge is 2.32. The van der Waals surface area contributed by atoms with E-state index in [1.54, 1.807) is 0 Å². The van der Waals surface area contributed by atoms with Gasteiger partial charge in [0, 0.05) is 5.54 Å². The zero-order valence-electron chi connectivity index (χ0n) is 9.21. The second-order valence-corrected chi connectivity index (χ2v) is 7.90. The molecule has 0 spiro atoms. The molecule has 0 bridgehead atoms. The summed E-state index contributed by atoms with van der Waals surface area (Å²) >= 11 is 0. The van der Waals surface area contributed by atoms with Crippen LogP contribution in [0.4, 0.5) is 0 Å². The second-order valence-electron chi connectivity index (χ2n) is 4.13. The minimum absolute atomic E-state index is 0.175. The first-order valence-electron chi connectivity index (χ1n) is 4.56. The fourth-order valence-corrected chi connectivity index (χ4v) is 4.00. The highest BCUT2D eigenvalue weighted by atomic mass is 28.4. The molecule has 0 amide bonds. The minimum atomic E-state index is -1.60. The molecule has 0 saturated carbocycles. The highest BCUT2D eigenvalue weighted by molar-refractivity contribution is 6.72. The maximum absolute atomic E-state index is 3.64. The quantitative estimate of drug-likeness (QED) is 0.572. The van der Waals surface area contributed by atoms with Crippen molar-refractivity contribution in [2.24, 2.45) is 0 Å². The maximum Gasteiger partial charge on any atom is 0.281 e. The van der Waals surface area contributed by atoms with Gasteiger partial charge >= 0.3 is 0 Å². The van der Waals surface area contributed by atoms with E-state index in [1.165, 1.54) is 0 Å². The average molecular weight is 189 g/mol. The van der Waals surface area contributed by atoms with Gasteiger partial charge in [-0.25, -0.2) is 0 Å². The molecular formula is C8H23N3Si. The third-order valence-electron chi connectivity index (χ3n) is 1.97. The summed E-state index contributed by atoms with van der Waals surface area (Å²) in [5.41, 5.74) is 0.175. The Bertz CT molecular complexity index is 118. The average Bonchev–Trinajstić information content (AvgIpc) is 1.99. The lowest BCUT2D eigenvalue weighted by Gasteiger charge is -2.36. The molecule has 0 aromatic rings. The summed E-state index contributed by atoms with van der Waals surface area (Å²) in [4.78, 5) is 10.4. The van der Waals surface area contributed by atoms with Crippen molar-refractivity contribution in [2.45, 2.75) is 39.3 Å². The van der Waals surface area contributed by atoms with Crippen molar-refractivity contribution in [3.8, 4) is 0 Å². The van der Waals surface area contributed by atoms with Crippen LogP contribution in [0.1, 0.15) is 27.7 Å². The number of hydrogen-bond acceptors (Lipinski definition) is 3. The predicted molar refractivity (Wildman–Crippen MR) is 57.2 cm³/mol. The molecule has 74 valence electrons. The van der Waals surface area contributed by atoms with Crippen LogP contribution in [0.5, 0.6) is 0 Å². The summed E-state index contributed by atoms with van der Waals surface area (Å²) < 4.78 is 0. The minimum Gasteiger partial charge on any atom is -0.316 e. The number of rotatable bonds is 4. The normalized spacial score (nSPS) is 13.5. The standard InChI is InChI=1S/C8H23N3Si/c1-7-12(9-5,10-6)11-8(2,3)4/h9-11H,7H2,1-6H3. The largest absolute Gasteiger partial charge is 0.316 e. The van der Waals surface area contributed by atoms with Crippen LogP contribution in [0.15, 0.2) is 0 Å². The van der Waals surface area contributed by atoms with Crippen molar-refractivity contribution in [3.05, 3.63) is 0 Å². The third kappa shape index (κ3) is 3.67. The molecular weight excluding hydrogens is 166 g/mol. The summed E-state index contributed by atoms with van der Waals surface area (Å²) in [6.45, 7) is 8.79. The first kappa shape index (κ1) is 12.1. The smallest absolute Gasteiger partial charge is 0.281 e. The Morgan fingerprint density at radius 2 is 1.50 bits per heavy atom. The van der Waals surface area contributed by atoms with E-state index in [0.29, 0.717) is 0 Å². The number of hydrogen-bond donors (Lipinski definition) is 3. The van der Waals surface area contributed by atoms with E-state index >= 15 is 0 Å². The zero-order chi connectivity index (χ0) is 9.83. The van der Waals surface area contributed by atoms with Crippen LogP contribution in [-0.2, 0) is 0 Å². The Balaban J connectivity index is 4.30. The van der Waals surface area contributed by atoms with Gasteiger partial charge in [-0.2, -0.15) is 0 Å². The van der Waals surface area contributed by atoms with E-state index in [-0.39, 0.29) is 5.54 Å². The molecule has 12 heavy (non-hydrogen) atoms. The Morgan fingerprint density at radius 3 is 1.58 bits per heavy atom. The molecule has 0 aliphatic heterocycles. The SMILES string of the molecule is CC[Si](NC)(NC)NC(C)(C)C. The van der Waals surface area contributed by atoms with Crippen LogP contribution in [-0.4, -0.2) is 28.2 Å². The van der Waals surface area contributed by atoms with Gasteiger partial charge in [0.05, 0.1) is 0 Å². The van der Waals surface area contributed by atoms with Gasteiger partial charge in [0.1, 0.15) is 0 Å². The molecule has 4 heteroatoms. The fourth-order valence-electron chi connectivity index (χ4n) is 1.33. The Morgan fingerprint density at radius 1 is 1.08 bits per heavy atom. The Hall–Kier alpha value is 0.0969. The molecule has 0 heterocycles. The monoisotopic (exact) mass is 189 g/mol. The lowest BCUT2D eigenvalue weighted by Crippen LogP contribution is -2.73. The Kier molecular flexibility index (Phi) is 4.40. The summed E-state index contributed by atoms with van der Waals surface area (Å²) in [5.74, 6) is 0. The van der Waals surface area contributed by atoms with Gasteiger partial charge in [-0.3, -0.25) is 0 Å². The van der Waals surface area contributed by atoms with Crippen molar-refractivity contribution in [1.29, 1.82) is 0 Å². The van der Waals surface area contributed by atoms with E-state index < -0.39 is 8.56 Å². The van der Waals surface area contributed by atoms with E-state index in [2.05, 4.69) is 42.6 Å². The first-order valence-corrected chi connectivity index (χ1v) is 6.77. The third-order valence-corrected chi connectivity index (χ3v) is 5.92. The lowest BCUT2D eigenvalue weighted by atomic mass is 10.1. The van der Waals surface area contributed by atoms with Gasteiger partial charge in [0.2, 0.25) is 0 Å². The lowest BCUT2D eigenvalue weighted by molar-refractivity contribution is 0.497. The van der Waals surface area contributed by atoms with E-state index in [1.807, 2.05) is 14.1 Å². The zero-order valence-corrected chi connectivity index (χ0v) is 10.2. The van der Waals surface area contributed by atoms with Gasteiger partial charge < -0.3 is 14.9 Å². The maximum atomic E-state index is 3.64. The van der Waals surface area contributed by atoms with Crippen molar-refractivity contribution >= 4 is 8.56 Å². The summed E-state index contributed by atoms with van der Waals surface area (Å²) in [6, 6.07) is 1.14. The van der Waals surface area contributed by atoms with Crippen molar-refractivity contribution in [3.63, 3.8) is 0 Å². The van der Waals surface area contributed by atoms with Gasteiger partial charge in [-0.1, -0.05) is 6.92 Å². The van der Waals surface area contributed by atoms with Crippen molar-refractivity contribution in [1.82, 2.24) is 14.9 Å². The van der Waals surface area contributed by atoms with Gasteiger partial charge in [-0.05, 0) is 40.9 Å². The molecule has 0 aliphatic rings. The molecule has 3 N–H and O–H groups in total. The molecule has 0 saturated heterocycles. The van der Waals surface area contributed by atoms with Gasteiger partial charge in [-0.15, -0.1) is 0 Å². The second kappa shape index (κ2) is 4.37. The molecule has 0 aromatic heterocycles. The van der Waals surface area contributed by atoms with Crippen LogP contribution >= 0.6 is 0 Å². The molecule has 0 radical (unpaired) electrons. The van der Waals surface area contributed by atoms with Crippen LogP contribution in [0.3, 0.4) is 0 Å². The topological polar surface area (TPSA) is 36.1 Å². The van der Waals surface area contributed by atoms with Crippen LogP contribution in [0.2, 0.25) is 6.04 Å². The van der Waals surface area contributed by atoms with E-state index in [4.69, 9.17) is 0 Å². The van der Waals surface area contributed by atoms with Gasteiger partial charge in [0.25, 0.3) is 8.56 Å². The first-order chi connectivity index (χ1) is 5.39. The van der Waals surface area contributed by atoms with E-state index in [0.717, 1.165) is 6.04 Å². The molecule has 0 unspecified atom stereocenters. The summed E-state index contributed by atoms with van der Waals surface area (Å²) in [5, 5.41) is 0. The molecule has 0 aliphatic carbocycles. The van der Waals surface area contributed by atoms with Crippen LogP contribution < -0.4 is 14.9 Å². The molecule has 0 rings (SSSR count). The molecule has 0 aromatic carbocycles. The van der Waals surface area contributed by atoms with Crippen molar-refractivity contribution in [2.75, 3.05) is 14.1 Å². The van der Waals surface area contributed by atoms with Crippen molar-refractivity contribution < 1.29 is 0 Å². The molecule has 0 atom stereocenters. The fraction of sp³-hybridized carbons (Fsp3) is 1.00. The summed E-state index contributed by atoms with van der Waals surface area (Å²) in [7, 11) is 2.43. The van der Waals surface area contributed by atoms with Gasteiger partial charge in [0.15, 0.2) is 0 Å². The Labute approximate surface area is 77.6 Å².